The Hall–Kier alpha value is -3.08. The third-order valence-electron chi connectivity index (χ3n) is 3.93. The highest BCUT2D eigenvalue weighted by Gasteiger charge is 2.19. The van der Waals surface area contributed by atoms with Crippen LogP contribution >= 0.6 is 24.0 Å². The normalized spacial score (nSPS) is 10.9. The Morgan fingerprint density at radius 3 is 2.28 bits per heavy atom. The van der Waals surface area contributed by atoms with Gasteiger partial charge in [-0.2, -0.15) is 0 Å². The predicted octanol–water partition coefficient (Wildman–Crippen LogP) is 3.43. The SMILES string of the molecule is COC(=S)c1cc(Sc2ccc(C(=O)OCCO)cc2)ccc1C(=O)C(C)=NOC(C)=O. The van der Waals surface area contributed by atoms with Crippen LogP contribution in [0, 0.1) is 0 Å². The summed E-state index contributed by atoms with van der Waals surface area (Å²) in [7, 11) is 1.41. The topological polar surface area (TPSA) is 111 Å². The lowest BCUT2D eigenvalue weighted by Crippen LogP contribution is -2.16. The average molecular weight is 476 g/mol. The van der Waals surface area contributed by atoms with Gasteiger partial charge >= 0.3 is 11.9 Å². The Morgan fingerprint density at radius 2 is 1.69 bits per heavy atom. The van der Waals surface area contributed by atoms with Gasteiger partial charge in [0.2, 0.25) is 5.78 Å². The molecule has 1 N–H and O–H groups in total. The number of rotatable bonds is 9. The summed E-state index contributed by atoms with van der Waals surface area (Å²) < 4.78 is 10.0. The summed E-state index contributed by atoms with van der Waals surface area (Å²) in [6.07, 6.45) is 0. The number of oxime groups is 1. The Morgan fingerprint density at radius 1 is 1.03 bits per heavy atom. The van der Waals surface area contributed by atoms with E-state index in [1.165, 1.54) is 32.7 Å². The molecule has 2 rings (SSSR count). The van der Waals surface area contributed by atoms with Gasteiger partial charge in [0.1, 0.15) is 12.3 Å². The molecule has 0 bridgehead atoms. The summed E-state index contributed by atoms with van der Waals surface area (Å²) in [4.78, 5) is 41.7. The molecule has 2 aromatic rings. The van der Waals surface area contributed by atoms with Crippen LogP contribution in [0.4, 0.5) is 0 Å². The van der Waals surface area contributed by atoms with E-state index in [1.807, 2.05) is 0 Å². The molecule has 10 heteroatoms. The van der Waals surface area contributed by atoms with E-state index in [2.05, 4.69) is 9.99 Å². The zero-order valence-corrected chi connectivity index (χ0v) is 19.2. The Bertz CT molecular complexity index is 1050. The minimum Gasteiger partial charge on any atom is -0.486 e. The van der Waals surface area contributed by atoms with Gasteiger partial charge in [0.25, 0.3) is 0 Å². The number of carbonyl (C=O) groups is 3. The molecule has 168 valence electrons. The molecule has 0 fully saturated rings. The summed E-state index contributed by atoms with van der Waals surface area (Å²) in [5, 5.41) is 12.4. The number of Topliss-reactive ketones (excluding diaryl/α,β-unsaturated/α-hetero) is 1. The molecule has 0 radical (unpaired) electrons. The van der Waals surface area contributed by atoms with Crippen LogP contribution in [0.2, 0.25) is 0 Å². The molecule has 0 aliphatic heterocycles. The van der Waals surface area contributed by atoms with Crippen molar-refractivity contribution in [2.24, 2.45) is 5.16 Å². The highest BCUT2D eigenvalue weighted by Crippen LogP contribution is 2.30. The van der Waals surface area contributed by atoms with E-state index in [0.717, 1.165) is 9.79 Å². The largest absolute Gasteiger partial charge is 0.486 e. The van der Waals surface area contributed by atoms with Crippen LogP contribution in [-0.4, -0.2) is 53.9 Å². The maximum absolute atomic E-state index is 12.7. The van der Waals surface area contributed by atoms with E-state index < -0.39 is 17.7 Å². The van der Waals surface area contributed by atoms with E-state index >= 15 is 0 Å². The molecule has 0 atom stereocenters. The van der Waals surface area contributed by atoms with Gasteiger partial charge in [-0.25, -0.2) is 9.59 Å². The van der Waals surface area contributed by atoms with Crippen molar-refractivity contribution in [1.29, 1.82) is 0 Å². The highest BCUT2D eigenvalue weighted by molar-refractivity contribution is 7.99. The molecule has 0 aliphatic carbocycles. The minimum atomic E-state index is -0.635. The molecule has 0 saturated heterocycles. The Kier molecular flexibility index (Phi) is 9.51. The molecule has 32 heavy (non-hydrogen) atoms. The molecule has 0 aromatic heterocycles. The second kappa shape index (κ2) is 12.1. The fourth-order valence-corrected chi connectivity index (χ4v) is 3.48. The monoisotopic (exact) mass is 475 g/mol. The van der Waals surface area contributed by atoms with Crippen LogP contribution in [0.5, 0.6) is 0 Å². The number of nitrogens with zero attached hydrogens (tertiary/aromatic N) is 1. The summed E-state index contributed by atoms with van der Waals surface area (Å²) in [5.74, 6) is -1.61. The number of ether oxygens (including phenoxy) is 2. The predicted molar refractivity (Wildman–Crippen MR) is 122 cm³/mol. The van der Waals surface area contributed by atoms with Crippen LogP contribution in [0.25, 0.3) is 0 Å². The molecule has 0 unspecified atom stereocenters. The molecule has 0 amide bonds. The lowest BCUT2D eigenvalue weighted by atomic mass is 10.0. The molecule has 0 aliphatic rings. The lowest BCUT2D eigenvalue weighted by Gasteiger charge is -2.11. The quantitative estimate of drug-likeness (QED) is 0.146. The third-order valence-corrected chi connectivity index (χ3v) is 5.31. The fourth-order valence-electron chi connectivity index (χ4n) is 2.45. The first-order chi connectivity index (χ1) is 15.3. The van der Waals surface area contributed by atoms with Crippen molar-refractivity contribution in [3.63, 3.8) is 0 Å². The Balaban J connectivity index is 2.26. The number of carbonyl (C=O) groups excluding carboxylic acids is 3. The van der Waals surface area contributed by atoms with Crippen LogP contribution in [0.15, 0.2) is 57.4 Å². The summed E-state index contributed by atoms with van der Waals surface area (Å²) in [6.45, 7) is 2.32. The van der Waals surface area contributed by atoms with E-state index in [-0.39, 0.29) is 29.5 Å². The van der Waals surface area contributed by atoms with E-state index in [1.54, 1.807) is 42.5 Å². The maximum Gasteiger partial charge on any atom is 0.338 e. The van der Waals surface area contributed by atoms with Gasteiger partial charge in [-0.15, -0.1) is 0 Å². The number of hydrogen-bond acceptors (Lipinski definition) is 10. The number of ketones is 1. The number of hydrogen-bond donors (Lipinski definition) is 1. The van der Waals surface area contributed by atoms with Gasteiger partial charge in [0.15, 0.2) is 5.05 Å². The van der Waals surface area contributed by atoms with Crippen molar-refractivity contribution in [3.05, 3.63) is 59.2 Å². The average Bonchev–Trinajstić information content (AvgIpc) is 2.80. The second-order valence-electron chi connectivity index (χ2n) is 6.27. The first kappa shape index (κ1) is 25.2. The fraction of sp³-hybridized carbons (Fsp3) is 0.227. The summed E-state index contributed by atoms with van der Waals surface area (Å²) in [6, 6.07) is 11.8. The van der Waals surface area contributed by atoms with Crippen molar-refractivity contribution >= 4 is 52.5 Å². The van der Waals surface area contributed by atoms with Gasteiger partial charge < -0.3 is 19.4 Å². The van der Waals surface area contributed by atoms with Gasteiger partial charge in [0, 0.05) is 27.8 Å². The first-order valence-corrected chi connectivity index (χ1v) is 10.5. The first-order valence-electron chi connectivity index (χ1n) is 9.32. The van der Waals surface area contributed by atoms with Crippen LogP contribution in [0.3, 0.4) is 0 Å². The highest BCUT2D eigenvalue weighted by atomic mass is 32.2. The minimum absolute atomic E-state index is 0.00979. The molecule has 2 aromatic carbocycles. The van der Waals surface area contributed by atoms with Crippen molar-refractivity contribution in [3.8, 4) is 0 Å². The van der Waals surface area contributed by atoms with Crippen LogP contribution in [0.1, 0.15) is 40.1 Å². The zero-order valence-electron chi connectivity index (χ0n) is 17.6. The third kappa shape index (κ3) is 6.98. The van der Waals surface area contributed by atoms with Crippen LogP contribution in [-0.2, 0) is 19.1 Å². The number of methoxy groups -OCH3 is 1. The molecular weight excluding hydrogens is 454 g/mol. The van der Waals surface area contributed by atoms with Gasteiger partial charge in [-0.3, -0.25) is 4.79 Å². The van der Waals surface area contributed by atoms with Gasteiger partial charge in [0.05, 0.1) is 19.3 Å². The summed E-state index contributed by atoms with van der Waals surface area (Å²) >= 11 is 6.64. The van der Waals surface area contributed by atoms with E-state index in [9.17, 15) is 14.4 Å². The second-order valence-corrected chi connectivity index (χ2v) is 7.79. The van der Waals surface area contributed by atoms with Crippen molar-refractivity contribution in [1.82, 2.24) is 0 Å². The van der Waals surface area contributed by atoms with Crippen LogP contribution < -0.4 is 0 Å². The van der Waals surface area contributed by atoms with Gasteiger partial charge in [-0.05, 0) is 61.6 Å². The zero-order chi connectivity index (χ0) is 23.7. The van der Waals surface area contributed by atoms with E-state index in [0.29, 0.717) is 11.1 Å². The number of aliphatic hydroxyl groups excluding tert-OH is 1. The van der Waals surface area contributed by atoms with E-state index in [4.69, 9.17) is 26.8 Å². The standard InChI is InChI=1S/C22H21NO7S2/c1-13(23-30-14(2)25)20(26)18-9-8-17(12-19(18)22(31)28-3)32-16-6-4-15(5-7-16)21(27)29-11-10-24/h4-9,12,24H,10-11H2,1-3H3. The number of benzene rings is 2. The molecule has 0 spiro atoms. The van der Waals surface area contributed by atoms with Crippen molar-refractivity contribution in [2.45, 2.75) is 23.6 Å². The smallest absolute Gasteiger partial charge is 0.338 e. The lowest BCUT2D eigenvalue weighted by molar-refractivity contribution is -0.140. The van der Waals surface area contributed by atoms with Crippen molar-refractivity contribution in [2.75, 3.05) is 20.3 Å². The number of thiocarbonyl (C=S) groups is 1. The van der Waals surface area contributed by atoms with Gasteiger partial charge in [-0.1, -0.05) is 16.9 Å². The number of aliphatic hydroxyl groups is 1. The Labute approximate surface area is 194 Å². The molecular formula is C22H21NO7S2. The maximum atomic E-state index is 12.7. The molecule has 0 saturated carbocycles. The number of esters is 1. The van der Waals surface area contributed by atoms with Crippen molar-refractivity contribution < 1.29 is 33.8 Å². The molecule has 0 heterocycles. The summed E-state index contributed by atoms with van der Waals surface area (Å²) in [5.41, 5.74) is 1.02. The molecule has 8 nitrogen and oxygen atoms in total.